The molecule has 0 aromatic rings. The summed E-state index contributed by atoms with van der Waals surface area (Å²) in [6, 6.07) is 0. The van der Waals surface area contributed by atoms with E-state index in [0.29, 0.717) is 18.3 Å². The zero-order valence-electron chi connectivity index (χ0n) is 17.7. The van der Waals surface area contributed by atoms with Gasteiger partial charge in [-0.1, -0.05) is 37.5 Å². The number of ether oxygens (including phenoxy) is 2. The Morgan fingerprint density at radius 1 is 1.28 bits per heavy atom. The summed E-state index contributed by atoms with van der Waals surface area (Å²) < 4.78 is 10.0. The Morgan fingerprint density at radius 2 is 2.07 bits per heavy atom. The van der Waals surface area contributed by atoms with E-state index in [-0.39, 0.29) is 24.5 Å². The molecule has 5 atom stereocenters. The first-order valence-corrected chi connectivity index (χ1v) is 11.0. The van der Waals surface area contributed by atoms with Crippen LogP contribution >= 0.6 is 0 Å². The van der Waals surface area contributed by atoms with Gasteiger partial charge in [0, 0.05) is 12.3 Å². The first kappa shape index (κ1) is 23.5. The zero-order valence-corrected chi connectivity index (χ0v) is 17.7. The normalized spacial score (nSPS) is 26.9. The van der Waals surface area contributed by atoms with Gasteiger partial charge in [-0.2, -0.15) is 0 Å². The molecule has 2 aliphatic rings. The summed E-state index contributed by atoms with van der Waals surface area (Å²) in [7, 11) is 1.31. The van der Waals surface area contributed by atoms with Gasteiger partial charge in [-0.25, -0.2) is 4.79 Å². The second-order valence-corrected chi connectivity index (χ2v) is 8.33. The van der Waals surface area contributed by atoms with Crippen molar-refractivity contribution in [2.45, 2.75) is 83.3 Å². The van der Waals surface area contributed by atoms with Crippen molar-refractivity contribution in [3.63, 3.8) is 0 Å². The summed E-state index contributed by atoms with van der Waals surface area (Å²) in [4.78, 5) is 22.2. The Balaban J connectivity index is 1.90. The predicted molar refractivity (Wildman–Crippen MR) is 110 cm³/mol. The number of allylic oxidation sites excluding steroid dienone is 2. The molecule has 0 bridgehead atoms. The highest BCUT2D eigenvalue weighted by Crippen LogP contribution is 2.48. The summed E-state index contributed by atoms with van der Waals surface area (Å²) in [6.07, 6.45) is 13.3. The second kappa shape index (κ2) is 12.0. The van der Waals surface area contributed by atoms with Gasteiger partial charge in [0.25, 0.3) is 0 Å². The molecule has 0 saturated heterocycles. The number of carbonyl (C=O) groups is 2. The maximum absolute atomic E-state index is 11.5. The molecule has 0 aromatic heterocycles. The standard InChI is InChI=1S/C23H36O6/c1-3-4-5-9-18(29-23(27)28-2)11-12-19-20-14-16(8-6-7-10-22(25)26)13-17(20)15-21(19)24/h11-13,17-21,24H,3-10,14-15H2,1-2H3,(H,25,26)/b12-11+/t17-,18-,19+,20-,21+/m0/s1. The number of aliphatic hydroxyl groups excluding tert-OH is 1. The Bertz CT molecular complexity index is 596. The van der Waals surface area contributed by atoms with Crippen LogP contribution in [0.1, 0.15) is 71.1 Å². The zero-order chi connectivity index (χ0) is 21.2. The van der Waals surface area contributed by atoms with E-state index < -0.39 is 12.1 Å². The molecule has 6 nitrogen and oxygen atoms in total. The smallest absolute Gasteiger partial charge is 0.481 e. The fraction of sp³-hybridized carbons (Fsp3) is 0.739. The van der Waals surface area contributed by atoms with E-state index in [1.54, 1.807) is 0 Å². The average Bonchev–Trinajstić information content (AvgIpc) is 3.19. The molecule has 164 valence electrons. The van der Waals surface area contributed by atoms with E-state index in [1.807, 2.05) is 12.2 Å². The number of carbonyl (C=O) groups excluding carboxylic acids is 1. The molecule has 0 radical (unpaired) electrons. The lowest BCUT2D eigenvalue weighted by molar-refractivity contribution is -0.137. The third kappa shape index (κ3) is 7.50. The van der Waals surface area contributed by atoms with Crippen LogP contribution in [0, 0.1) is 17.8 Å². The van der Waals surface area contributed by atoms with Crippen molar-refractivity contribution in [1.82, 2.24) is 0 Å². The van der Waals surface area contributed by atoms with Crippen LogP contribution in [0.2, 0.25) is 0 Å². The van der Waals surface area contributed by atoms with Crippen LogP contribution in [0.25, 0.3) is 0 Å². The number of carboxylic acids is 1. The van der Waals surface area contributed by atoms with Crippen LogP contribution < -0.4 is 0 Å². The number of carboxylic acid groups (broad SMARTS) is 1. The molecule has 0 spiro atoms. The number of rotatable bonds is 12. The Labute approximate surface area is 174 Å². The second-order valence-electron chi connectivity index (χ2n) is 8.33. The number of fused-ring (bicyclic) bond motifs is 1. The van der Waals surface area contributed by atoms with Crippen molar-refractivity contribution < 1.29 is 29.3 Å². The van der Waals surface area contributed by atoms with Crippen LogP contribution in [0.4, 0.5) is 4.79 Å². The molecule has 0 amide bonds. The Kier molecular flexibility index (Phi) is 9.71. The molecule has 2 aliphatic carbocycles. The van der Waals surface area contributed by atoms with E-state index in [0.717, 1.165) is 51.4 Å². The molecule has 29 heavy (non-hydrogen) atoms. The summed E-state index contributed by atoms with van der Waals surface area (Å²) in [6.45, 7) is 2.13. The largest absolute Gasteiger partial charge is 0.508 e. The van der Waals surface area contributed by atoms with Crippen LogP contribution in [0.3, 0.4) is 0 Å². The lowest BCUT2D eigenvalue weighted by Crippen LogP contribution is -2.20. The van der Waals surface area contributed by atoms with E-state index in [9.17, 15) is 14.7 Å². The van der Waals surface area contributed by atoms with Gasteiger partial charge in [-0.15, -0.1) is 0 Å². The number of aliphatic carboxylic acids is 1. The maximum atomic E-state index is 11.5. The molecule has 2 rings (SSSR count). The van der Waals surface area contributed by atoms with Gasteiger partial charge in [0.1, 0.15) is 6.10 Å². The average molecular weight is 409 g/mol. The number of hydrogen-bond acceptors (Lipinski definition) is 5. The van der Waals surface area contributed by atoms with Gasteiger partial charge in [0.15, 0.2) is 0 Å². The Morgan fingerprint density at radius 3 is 2.76 bits per heavy atom. The van der Waals surface area contributed by atoms with E-state index >= 15 is 0 Å². The molecule has 6 heteroatoms. The van der Waals surface area contributed by atoms with Crippen LogP contribution in [-0.4, -0.2) is 41.7 Å². The third-order valence-corrected chi connectivity index (χ3v) is 6.14. The molecule has 0 aliphatic heterocycles. The Hall–Kier alpha value is -1.82. The van der Waals surface area contributed by atoms with Gasteiger partial charge in [-0.05, 0) is 62.9 Å². The number of hydrogen-bond donors (Lipinski definition) is 2. The van der Waals surface area contributed by atoms with Crippen LogP contribution in [-0.2, 0) is 14.3 Å². The molecular weight excluding hydrogens is 372 g/mol. The van der Waals surface area contributed by atoms with E-state index in [2.05, 4.69) is 17.7 Å². The summed E-state index contributed by atoms with van der Waals surface area (Å²) in [5, 5.41) is 19.3. The molecular formula is C23H36O6. The van der Waals surface area contributed by atoms with Gasteiger partial charge in [-0.3, -0.25) is 4.79 Å². The number of unbranched alkanes of at least 4 members (excludes halogenated alkanes) is 3. The van der Waals surface area contributed by atoms with Crippen molar-refractivity contribution in [1.29, 1.82) is 0 Å². The van der Waals surface area contributed by atoms with Crippen molar-refractivity contribution in [3.05, 3.63) is 23.8 Å². The predicted octanol–water partition coefficient (Wildman–Crippen LogP) is 4.86. The lowest BCUT2D eigenvalue weighted by atomic mass is 9.88. The van der Waals surface area contributed by atoms with Crippen LogP contribution in [0.5, 0.6) is 0 Å². The number of methoxy groups -OCH3 is 1. The van der Waals surface area contributed by atoms with E-state index in [1.165, 1.54) is 12.7 Å². The van der Waals surface area contributed by atoms with Gasteiger partial charge >= 0.3 is 12.1 Å². The third-order valence-electron chi connectivity index (χ3n) is 6.14. The maximum Gasteiger partial charge on any atom is 0.508 e. The molecule has 1 saturated carbocycles. The van der Waals surface area contributed by atoms with Crippen molar-refractivity contribution in [2.24, 2.45) is 17.8 Å². The van der Waals surface area contributed by atoms with Crippen LogP contribution in [0.15, 0.2) is 23.8 Å². The van der Waals surface area contributed by atoms with Gasteiger partial charge < -0.3 is 19.7 Å². The quantitative estimate of drug-likeness (QED) is 0.272. The van der Waals surface area contributed by atoms with Gasteiger partial charge in [0.2, 0.25) is 0 Å². The lowest BCUT2D eigenvalue weighted by Gasteiger charge is -2.20. The fourth-order valence-electron chi connectivity index (χ4n) is 4.63. The summed E-state index contributed by atoms with van der Waals surface area (Å²) >= 11 is 0. The minimum Gasteiger partial charge on any atom is -0.481 e. The van der Waals surface area contributed by atoms with Crippen molar-refractivity contribution >= 4 is 12.1 Å². The molecule has 2 N–H and O–H groups in total. The van der Waals surface area contributed by atoms with Gasteiger partial charge in [0.05, 0.1) is 13.2 Å². The highest BCUT2D eigenvalue weighted by Gasteiger charge is 2.43. The minimum atomic E-state index is -0.738. The first-order valence-electron chi connectivity index (χ1n) is 11.0. The molecule has 0 aromatic carbocycles. The highest BCUT2D eigenvalue weighted by atomic mass is 16.7. The topological polar surface area (TPSA) is 93.1 Å². The monoisotopic (exact) mass is 408 g/mol. The fourth-order valence-corrected chi connectivity index (χ4v) is 4.63. The molecule has 0 unspecified atom stereocenters. The molecule has 0 heterocycles. The first-order chi connectivity index (χ1) is 13.9. The van der Waals surface area contributed by atoms with Crippen molar-refractivity contribution in [2.75, 3.05) is 7.11 Å². The summed E-state index contributed by atoms with van der Waals surface area (Å²) in [5.41, 5.74) is 1.39. The highest BCUT2D eigenvalue weighted by molar-refractivity contribution is 5.66. The number of aliphatic hydroxyl groups is 1. The van der Waals surface area contributed by atoms with E-state index in [4.69, 9.17) is 9.84 Å². The summed E-state index contributed by atoms with van der Waals surface area (Å²) in [5.74, 6) is 0.0836. The minimum absolute atomic E-state index is 0.0580. The SMILES string of the molecule is CCCCC[C@@H](/C=C/[C@@H]1[C@H]2CC(CCCCC(=O)O)=C[C@H]2C[C@H]1O)OC(=O)OC. The van der Waals surface area contributed by atoms with Crippen molar-refractivity contribution in [3.8, 4) is 0 Å². The molecule has 1 fully saturated rings.